The van der Waals surface area contributed by atoms with E-state index >= 15 is 0 Å². The van der Waals surface area contributed by atoms with Gasteiger partial charge in [0, 0.05) is 13.2 Å². The van der Waals surface area contributed by atoms with Crippen molar-refractivity contribution in [2.75, 3.05) is 19.8 Å². The molecule has 4 rings (SSSR count). The van der Waals surface area contributed by atoms with Crippen LogP contribution in [0.3, 0.4) is 0 Å². The molecule has 0 saturated carbocycles. The maximum Gasteiger partial charge on any atom is 0.290 e. The lowest BCUT2D eigenvalue weighted by molar-refractivity contribution is 0.0716. The van der Waals surface area contributed by atoms with Gasteiger partial charge in [0.05, 0.1) is 23.6 Å². The topological polar surface area (TPSA) is 80.0 Å². The number of rotatable bonds is 7. The van der Waals surface area contributed by atoms with E-state index in [1.54, 1.807) is 29.2 Å². The second-order valence-corrected chi connectivity index (χ2v) is 7.07. The van der Waals surface area contributed by atoms with E-state index in [-0.39, 0.29) is 23.7 Å². The molecule has 3 aromatic rings. The predicted octanol–water partition coefficient (Wildman–Crippen LogP) is 3.51. The van der Waals surface area contributed by atoms with Crippen molar-refractivity contribution in [3.05, 3.63) is 75.6 Å². The molecule has 1 aliphatic heterocycles. The smallest absolute Gasteiger partial charge is 0.290 e. The second kappa shape index (κ2) is 8.09. The van der Waals surface area contributed by atoms with Crippen LogP contribution in [0.25, 0.3) is 11.0 Å². The van der Waals surface area contributed by atoms with Crippen molar-refractivity contribution in [2.45, 2.75) is 25.8 Å². The van der Waals surface area contributed by atoms with Gasteiger partial charge >= 0.3 is 0 Å². The van der Waals surface area contributed by atoms with Gasteiger partial charge < -0.3 is 19.2 Å². The number of fused-ring (bicyclic) bond motifs is 2. The van der Waals surface area contributed by atoms with E-state index in [4.69, 9.17) is 9.15 Å². The summed E-state index contributed by atoms with van der Waals surface area (Å²) in [7, 11) is 0. The molecule has 6 nitrogen and oxygen atoms in total. The van der Waals surface area contributed by atoms with E-state index in [1.165, 1.54) is 0 Å². The molecular weight excluding hydrogens is 370 g/mol. The fourth-order valence-electron chi connectivity index (χ4n) is 3.78. The quantitative estimate of drug-likeness (QED) is 0.664. The highest BCUT2D eigenvalue weighted by Crippen LogP contribution is 2.39. The largest absolute Gasteiger partial charge is 0.494 e. The van der Waals surface area contributed by atoms with Gasteiger partial charge in [-0.3, -0.25) is 9.59 Å². The number of ether oxygens (including phenoxy) is 1. The highest BCUT2D eigenvalue weighted by molar-refractivity contribution is 5.99. The molecule has 1 atom stereocenters. The van der Waals surface area contributed by atoms with Crippen molar-refractivity contribution in [3.8, 4) is 5.75 Å². The molecule has 1 aliphatic rings. The van der Waals surface area contributed by atoms with Gasteiger partial charge in [0.25, 0.3) is 5.91 Å². The first-order valence-corrected chi connectivity index (χ1v) is 9.86. The third-order valence-electron chi connectivity index (χ3n) is 5.08. The molecule has 0 aliphatic carbocycles. The molecule has 2 heterocycles. The van der Waals surface area contributed by atoms with Gasteiger partial charge in [0.1, 0.15) is 11.3 Å². The van der Waals surface area contributed by atoms with Crippen LogP contribution in [0.2, 0.25) is 0 Å². The Kier molecular flexibility index (Phi) is 5.36. The van der Waals surface area contributed by atoms with Gasteiger partial charge in [-0.1, -0.05) is 31.2 Å². The number of carbonyl (C=O) groups excluding carboxylic acids is 1. The average Bonchev–Trinajstić information content (AvgIpc) is 3.03. The van der Waals surface area contributed by atoms with Crippen molar-refractivity contribution >= 4 is 16.9 Å². The Morgan fingerprint density at radius 2 is 1.97 bits per heavy atom. The number of amides is 1. The Morgan fingerprint density at radius 3 is 2.76 bits per heavy atom. The number of hydrogen-bond donors (Lipinski definition) is 1. The van der Waals surface area contributed by atoms with Gasteiger partial charge in [-0.2, -0.15) is 0 Å². The lowest BCUT2D eigenvalue weighted by Gasteiger charge is -2.25. The first kappa shape index (κ1) is 19.2. The van der Waals surface area contributed by atoms with Crippen LogP contribution < -0.4 is 10.2 Å². The third kappa shape index (κ3) is 3.40. The summed E-state index contributed by atoms with van der Waals surface area (Å²) in [6.45, 7) is 2.89. The van der Waals surface area contributed by atoms with E-state index in [0.717, 1.165) is 12.0 Å². The minimum absolute atomic E-state index is 0.0458. The van der Waals surface area contributed by atoms with Crippen molar-refractivity contribution in [2.24, 2.45) is 0 Å². The highest BCUT2D eigenvalue weighted by Gasteiger charge is 2.42. The lowest BCUT2D eigenvalue weighted by atomic mass is 9.98. The summed E-state index contributed by atoms with van der Waals surface area (Å²) in [5, 5.41) is 9.74. The molecule has 150 valence electrons. The van der Waals surface area contributed by atoms with E-state index in [0.29, 0.717) is 41.9 Å². The maximum absolute atomic E-state index is 13.3. The van der Waals surface area contributed by atoms with Crippen molar-refractivity contribution < 1.29 is 19.1 Å². The van der Waals surface area contributed by atoms with Crippen LogP contribution >= 0.6 is 0 Å². The fraction of sp³-hybridized carbons (Fsp3) is 0.304. The molecule has 6 heteroatoms. The zero-order chi connectivity index (χ0) is 20.4. The Morgan fingerprint density at radius 1 is 1.14 bits per heavy atom. The fourth-order valence-corrected chi connectivity index (χ4v) is 3.78. The first-order chi connectivity index (χ1) is 14.2. The molecule has 1 N–H and O–H groups in total. The molecule has 2 aromatic carbocycles. The maximum atomic E-state index is 13.3. The molecule has 29 heavy (non-hydrogen) atoms. The summed E-state index contributed by atoms with van der Waals surface area (Å²) >= 11 is 0. The van der Waals surface area contributed by atoms with Crippen LogP contribution in [0.4, 0.5) is 0 Å². The number of carbonyl (C=O) groups is 1. The second-order valence-electron chi connectivity index (χ2n) is 7.07. The Bertz CT molecular complexity index is 1100. The molecule has 1 amide bonds. The van der Waals surface area contributed by atoms with Gasteiger partial charge in [0.15, 0.2) is 5.43 Å². The summed E-state index contributed by atoms with van der Waals surface area (Å²) in [4.78, 5) is 28.0. The first-order valence-electron chi connectivity index (χ1n) is 9.86. The Hall–Kier alpha value is -3.12. The van der Waals surface area contributed by atoms with Gasteiger partial charge in [0.2, 0.25) is 5.76 Å². The predicted molar refractivity (Wildman–Crippen MR) is 109 cm³/mol. The van der Waals surface area contributed by atoms with Crippen LogP contribution in [0.15, 0.2) is 57.7 Å². The van der Waals surface area contributed by atoms with Crippen molar-refractivity contribution in [1.82, 2.24) is 4.90 Å². The SMILES string of the molecule is CCCOc1cccc([C@H]2c3c(oc4ccccc4c3=O)C(=O)N2CCCO)c1. The van der Waals surface area contributed by atoms with E-state index in [2.05, 4.69) is 0 Å². The van der Waals surface area contributed by atoms with Crippen LogP contribution in [-0.4, -0.2) is 35.7 Å². The lowest BCUT2D eigenvalue weighted by Crippen LogP contribution is -2.31. The van der Waals surface area contributed by atoms with Crippen LogP contribution in [0.1, 0.15) is 47.5 Å². The standard InChI is InChI=1S/C23H23NO5/c1-2-13-28-16-8-5-7-15(14-16)20-19-21(26)17-9-3-4-10-18(17)29-22(19)23(27)24(20)11-6-12-25/h3-5,7-10,14,20,25H,2,6,11-13H2,1H3/t20-/m0/s1. The number of hydrogen-bond acceptors (Lipinski definition) is 5. The van der Waals surface area contributed by atoms with Crippen LogP contribution in [0, 0.1) is 0 Å². The summed E-state index contributed by atoms with van der Waals surface area (Å²) in [5.41, 5.74) is 1.32. The average molecular weight is 393 g/mol. The minimum Gasteiger partial charge on any atom is -0.494 e. The number of aliphatic hydroxyl groups is 1. The highest BCUT2D eigenvalue weighted by atomic mass is 16.5. The van der Waals surface area contributed by atoms with Gasteiger partial charge in [-0.15, -0.1) is 0 Å². The van der Waals surface area contributed by atoms with E-state index < -0.39 is 6.04 Å². The molecule has 0 bridgehead atoms. The van der Waals surface area contributed by atoms with E-state index in [9.17, 15) is 14.7 Å². The van der Waals surface area contributed by atoms with Gasteiger partial charge in [-0.05, 0) is 42.7 Å². The zero-order valence-corrected chi connectivity index (χ0v) is 16.3. The molecule has 0 unspecified atom stereocenters. The third-order valence-corrected chi connectivity index (χ3v) is 5.08. The van der Waals surface area contributed by atoms with Crippen molar-refractivity contribution in [1.29, 1.82) is 0 Å². The molecule has 0 spiro atoms. The minimum atomic E-state index is -0.574. The molecule has 0 fully saturated rings. The number of nitrogens with zero attached hydrogens (tertiary/aromatic N) is 1. The Labute approximate surface area is 168 Å². The van der Waals surface area contributed by atoms with Gasteiger partial charge in [-0.25, -0.2) is 0 Å². The summed E-state index contributed by atoms with van der Waals surface area (Å²) in [5.74, 6) is 0.440. The molecular formula is C23H23NO5. The number of benzene rings is 2. The van der Waals surface area contributed by atoms with Crippen molar-refractivity contribution in [3.63, 3.8) is 0 Å². The molecule has 0 saturated heterocycles. The normalized spacial score (nSPS) is 15.7. The van der Waals surface area contributed by atoms with E-state index in [1.807, 2.05) is 31.2 Å². The number of aliphatic hydroxyl groups excluding tert-OH is 1. The Balaban J connectivity index is 1.88. The molecule has 1 aromatic heterocycles. The van der Waals surface area contributed by atoms with Crippen LogP contribution in [-0.2, 0) is 0 Å². The van der Waals surface area contributed by atoms with Crippen LogP contribution in [0.5, 0.6) is 5.75 Å². The molecule has 0 radical (unpaired) electrons. The number of para-hydroxylation sites is 1. The summed E-state index contributed by atoms with van der Waals surface area (Å²) in [6, 6.07) is 13.8. The summed E-state index contributed by atoms with van der Waals surface area (Å²) < 4.78 is 11.6. The monoisotopic (exact) mass is 393 g/mol. The zero-order valence-electron chi connectivity index (χ0n) is 16.3. The summed E-state index contributed by atoms with van der Waals surface area (Å²) in [6.07, 6.45) is 1.29.